The van der Waals surface area contributed by atoms with Gasteiger partial charge in [-0.15, -0.1) is 0 Å². The molecule has 0 aromatic heterocycles. The molecule has 9 heavy (non-hydrogen) atoms. The topological polar surface area (TPSA) is 18.5 Å². The highest BCUT2D eigenvalue weighted by atomic mass is 16.5. The lowest BCUT2D eigenvalue weighted by molar-refractivity contribution is -0.0157. The van der Waals surface area contributed by atoms with Crippen LogP contribution < -0.4 is 0 Å². The Labute approximate surface area is 56.2 Å². The fourth-order valence-corrected chi connectivity index (χ4v) is 1.22. The van der Waals surface area contributed by atoms with E-state index in [4.69, 9.17) is 9.47 Å². The van der Waals surface area contributed by atoms with Crippen molar-refractivity contribution < 1.29 is 9.47 Å². The molecule has 1 aliphatic rings. The molecule has 2 unspecified atom stereocenters. The zero-order chi connectivity index (χ0) is 6.69. The zero-order valence-corrected chi connectivity index (χ0v) is 5.96. The van der Waals surface area contributed by atoms with Gasteiger partial charge in [-0.2, -0.15) is 0 Å². The molecular formula is C7H13O2. The van der Waals surface area contributed by atoms with Crippen molar-refractivity contribution in [2.45, 2.75) is 25.0 Å². The summed E-state index contributed by atoms with van der Waals surface area (Å²) in [6.45, 7) is 0. The van der Waals surface area contributed by atoms with E-state index in [9.17, 15) is 0 Å². The summed E-state index contributed by atoms with van der Waals surface area (Å²) in [4.78, 5) is 0. The van der Waals surface area contributed by atoms with Crippen LogP contribution >= 0.6 is 0 Å². The van der Waals surface area contributed by atoms with Gasteiger partial charge >= 0.3 is 0 Å². The van der Waals surface area contributed by atoms with Crippen LogP contribution in [-0.2, 0) is 9.47 Å². The lowest BCUT2D eigenvalue weighted by atomic mass is 10.3. The Morgan fingerprint density at radius 2 is 1.56 bits per heavy atom. The molecular weight excluding hydrogens is 116 g/mol. The largest absolute Gasteiger partial charge is 0.379 e. The van der Waals surface area contributed by atoms with Crippen LogP contribution in [0.25, 0.3) is 0 Å². The van der Waals surface area contributed by atoms with Crippen LogP contribution in [0.4, 0.5) is 0 Å². The number of hydrogen-bond donors (Lipinski definition) is 0. The summed E-state index contributed by atoms with van der Waals surface area (Å²) in [6.07, 6.45) is 4.89. The molecule has 0 aromatic rings. The third-order valence-corrected chi connectivity index (χ3v) is 1.82. The average Bonchev–Trinajstić information content (AvgIpc) is 2.33. The maximum absolute atomic E-state index is 5.16. The molecule has 0 saturated heterocycles. The fraction of sp³-hybridized carbons (Fsp3) is 0.857. The summed E-state index contributed by atoms with van der Waals surface area (Å²) < 4.78 is 10.3. The quantitative estimate of drug-likeness (QED) is 0.554. The second-order valence-corrected chi connectivity index (χ2v) is 2.31. The minimum absolute atomic E-state index is 0.301. The number of rotatable bonds is 2. The zero-order valence-electron chi connectivity index (χ0n) is 5.96. The Balaban J connectivity index is 2.32. The number of methoxy groups -OCH3 is 2. The summed E-state index contributed by atoms with van der Waals surface area (Å²) in [6, 6.07) is 0. The Morgan fingerprint density at radius 3 is 1.89 bits per heavy atom. The predicted molar refractivity (Wildman–Crippen MR) is 35.1 cm³/mol. The van der Waals surface area contributed by atoms with Crippen LogP contribution in [0.15, 0.2) is 0 Å². The highest BCUT2D eigenvalue weighted by molar-refractivity contribution is 4.89. The first-order valence-electron chi connectivity index (χ1n) is 3.25. The maximum Gasteiger partial charge on any atom is 0.0835 e. The van der Waals surface area contributed by atoms with Crippen LogP contribution in [0.1, 0.15) is 12.8 Å². The van der Waals surface area contributed by atoms with Crippen molar-refractivity contribution in [1.29, 1.82) is 0 Å². The molecule has 1 rings (SSSR count). The molecule has 1 aliphatic carbocycles. The van der Waals surface area contributed by atoms with Crippen LogP contribution in [0.3, 0.4) is 0 Å². The number of ether oxygens (including phenoxy) is 2. The Kier molecular flexibility index (Phi) is 2.49. The molecule has 0 spiro atoms. The average molecular weight is 129 g/mol. The molecule has 1 saturated carbocycles. The van der Waals surface area contributed by atoms with Crippen molar-refractivity contribution >= 4 is 0 Å². The molecule has 0 amide bonds. The van der Waals surface area contributed by atoms with Crippen LogP contribution in [0.5, 0.6) is 0 Å². The molecule has 0 N–H and O–H groups in total. The second kappa shape index (κ2) is 3.18. The summed E-state index contributed by atoms with van der Waals surface area (Å²) in [7, 11) is 3.46. The molecule has 0 aromatic carbocycles. The minimum atomic E-state index is 0.301. The van der Waals surface area contributed by atoms with Crippen molar-refractivity contribution in [3.63, 3.8) is 0 Å². The van der Waals surface area contributed by atoms with Crippen LogP contribution in [-0.4, -0.2) is 26.4 Å². The molecule has 2 heteroatoms. The van der Waals surface area contributed by atoms with E-state index >= 15 is 0 Å². The Morgan fingerprint density at radius 1 is 1.11 bits per heavy atom. The molecule has 53 valence electrons. The first kappa shape index (κ1) is 7.03. The van der Waals surface area contributed by atoms with Crippen LogP contribution in [0.2, 0.25) is 0 Å². The lowest BCUT2D eigenvalue weighted by Crippen LogP contribution is -2.23. The molecule has 1 fully saturated rings. The molecule has 0 aliphatic heterocycles. The van der Waals surface area contributed by atoms with Crippen molar-refractivity contribution in [3.05, 3.63) is 6.42 Å². The van der Waals surface area contributed by atoms with Crippen molar-refractivity contribution in [2.24, 2.45) is 0 Å². The summed E-state index contributed by atoms with van der Waals surface area (Å²) in [5, 5.41) is 0. The van der Waals surface area contributed by atoms with E-state index in [1.807, 2.05) is 0 Å². The third-order valence-electron chi connectivity index (χ3n) is 1.82. The van der Waals surface area contributed by atoms with Crippen molar-refractivity contribution in [2.75, 3.05) is 14.2 Å². The monoisotopic (exact) mass is 129 g/mol. The van der Waals surface area contributed by atoms with Gasteiger partial charge in [-0.25, -0.2) is 0 Å². The molecule has 0 bridgehead atoms. The smallest absolute Gasteiger partial charge is 0.0835 e. The SMILES string of the molecule is COC1C[CH]CC1OC. The standard InChI is InChI=1S/C7H13O2/c1-8-6-4-3-5-7(6)9-2/h3,6-7H,4-5H2,1-2H3. The maximum atomic E-state index is 5.16. The molecule has 1 radical (unpaired) electrons. The molecule has 0 heterocycles. The van der Waals surface area contributed by atoms with E-state index in [0.29, 0.717) is 12.2 Å². The summed E-state index contributed by atoms with van der Waals surface area (Å²) >= 11 is 0. The Hall–Kier alpha value is -0.0800. The van der Waals surface area contributed by atoms with Gasteiger partial charge in [-0.1, -0.05) is 0 Å². The van der Waals surface area contributed by atoms with Gasteiger partial charge in [-0.05, 0) is 19.3 Å². The van der Waals surface area contributed by atoms with Crippen molar-refractivity contribution in [3.8, 4) is 0 Å². The van der Waals surface area contributed by atoms with E-state index in [-0.39, 0.29) is 0 Å². The summed E-state index contributed by atoms with van der Waals surface area (Å²) in [5.41, 5.74) is 0. The highest BCUT2D eigenvalue weighted by Crippen LogP contribution is 2.22. The van der Waals surface area contributed by atoms with Crippen LogP contribution in [0, 0.1) is 6.42 Å². The van der Waals surface area contributed by atoms with Gasteiger partial charge in [0, 0.05) is 14.2 Å². The number of hydrogen-bond acceptors (Lipinski definition) is 2. The fourth-order valence-electron chi connectivity index (χ4n) is 1.22. The van der Waals surface area contributed by atoms with E-state index in [1.165, 1.54) is 0 Å². The summed E-state index contributed by atoms with van der Waals surface area (Å²) in [5.74, 6) is 0. The van der Waals surface area contributed by atoms with Gasteiger partial charge in [-0.3, -0.25) is 0 Å². The lowest BCUT2D eigenvalue weighted by Gasteiger charge is -2.15. The second-order valence-electron chi connectivity index (χ2n) is 2.31. The molecule has 2 atom stereocenters. The van der Waals surface area contributed by atoms with Gasteiger partial charge in [0.15, 0.2) is 0 Å². The van der Waals surface area contributed by atoms with E-state index < -0.39 is 0 Å². The van der Waals surface area contributed by atoms with Gasteiger partial charge < -0.3 is 9.47 Å². The first-order valence-corrected chi connectivity index (χ1v) is 3.25. The van der Waals surface area contributed by atoms with Gasteiger partial charge in [0.05, 0.1) is 12.2 Å². The molecule has 2 nitrogen and oxygen atoms in total. The Bertz CT molecular complexity index is 73.0. The van der Waals surface area contributed by atoms with Crippen molar-refractivity contribution in [1.82, 2.24) is 0 Å². The predicted octanol–water partition coefficient (Wildman–Crippen LogP) is 1.01. The van der Waals surface area contributed by atoms with Gasteiger partial charge in [0.2, 0.25) is 0 Å². The van der Waals surface area contributed by atoms with Gasteiger partial charge in [0.25, 0.3) is 0 Å². The highest BCUT2D eigenvalue weighted by Gasteiger charge is 2.26. The minimum Gasteiger partial charge on any atom is -0.379 e. The van der Waals surface area contributed by atoms with E-state index in [1.54, 1.807) is 14.2 Å². The normalized spacial score (nSPS) is 35.3. The van der Waals surface area contributed by atoms with E-state index in [0.717, 1.165) is 12.8 Å². The van der Waals surface area contributed by atoms with Gasteiger partial charge in [0.1, 0.15) is 0 Å². The first-order chi connectivity index (χ1) is 4.38. The third kappa shape index (κ3) is 1.43. The van der Waals surface area contributed by atoms with E-state index in [2.05, 4.69) is 6.42 Å².